The van der Waals surface area contributed by atoms with Crippen LogP contribution in [0.3, 0.4) is 0 Å². The minimum Gasteiger partial charge on any atom is -0.498 e. The molecule has 0 radical (unpaired) electrons. The Labute approximate surface area is 108 Å². The van der Waals surface area contributed by atoms with Crippen molar-refractivity contribution >= 4 is 0 Å². The van der Waals surface area contributed by atoms with E-state index in [9.17, 15) is 0 Å². The van der Waals surface area contributed by atoms with Crippen LogP contribution >= 0.6 is 0 Å². The molecule has 100 valence electrons. The van der Waals surface area contributed by atoms with Crippen molar-refractivity contribution in [3.05, 3.63) is 48.7 Å². The number of allylic oxidation sites excluding steroid dienone is 1. The summed E-state index contributed by atoms with van der Waals surface area (Å²) >= 11 is 0. The first-order valence-electron chi connectivity index (χ1n) is 5.70. The molecule has 0 aliphatic rings. The molecule has 0 unspecified atom stereocenters. The fourth-order valence-electron chi connectivity index (χ4n) is 0.712. The summed E-state index contributed by atoms with van der Waals surface area (Å²) in [6, 6.07) is 12.0. The van der Waals surface area contributed by atoms with E-state index in [0.717, 1.165) is 12.3 Å². The molecule has 2 heteroatoms. The van der Waals surface area contributed by atoms with Gasteiger partial charge in [-0.05, 0) is 14.0 Å². The van der Waals surface area contributed by atoms with Crippen LogP contribution in [0.4, 0.5) is 0 Å². The molecule has 0 aliphatic carbocycles. The van der Waals surface area contributed by atoms with E-state index >= 15 is 0 Å². The van der Waals surface area contributed by atoms with Crippen LogP contribution in [0.15, 0.2) is 48.7 Å². The number of rotatable bonds is 4. The Morgan fingerprint density at radius 1 is 1.06 bits per heavy atom. The second-order valence-corrected chi connectivity index (χ2v) is 2.81. The predicted octanol–water partition coefficient (Wildman–Crippen LogP) is 4.10. The van der Waals surface area contributed by atoms with E-state index in [4.69, 9.17) is 4.74 Å². The number of nitrogens with one attached hydrogen (secondary N) is 1. The molecule has 17 heavy (non-hydrogen) atoms. The Morgan fingerprint density at radius 2 is 1.41 bits per heavy atom. The lowest BCUT2D eigenvalue weighted by molar-refractivity contribution is 0.218. The molecule has 0 spiro atoms. The third-order valence-corrected chi connectivity index (χ3v) is 1.37. The molecular formula is C15H29NO. The number of hydrogen-bond acceptors (Lipinski definition) is 2. The second kappa shape index (κ2) is 20.2. The zero-order valence-electron chi connectivity index (χ0n) is 11.0. The number of benzene rings is 1. The van der Waals surface area contributed by atoms with Gasteiger partial charge in [0.2, 0.25) is 0 Å². The topological polar surface area (TPSA) is 21.3 Å². The highest BCUT2D eigenvalue weighted by Crippen LogP contribution is 1.86. The molecule has 0 aliphatic heterocycles. The summed E-state index contributed by atoms with van der Waals surface area (Å²) in [5.41, 5.74) is 0. The van der Waals surface area contributed by atoms with Gasteiger partial charge in [0.05, 0.1) is 5.76 Å². The molecule has 0 bridgehead atoms. The van der Waals surface area contributed by atoms with Gasteiger partial charge < -0.3 is 10.1 Å². The van der Waals surface area contributed by atoms with Crippen LogP contribution in [0.1, 0.15) is 28.2 Å². The first-order valence-corrected chi connectivity index (χ1v) is 5.70. The Hall–Kier alpha value is -1.28. The van der Waals surface area contributed by atoms with Crippen LogP contribution in [-0.2, 0) is 4.74 Å². The van der Waals surface area contributed by atoms with E-state index in [1.165, 1.54) is 0 Å². The average molecular weight is 239 g/mol. The standard InChI is InChI=1S/C6H13NO.C6H6.C2H6.CH4/c1-6(2)8-5-4-7-3;1-2-4-6-5-3-1;1-2;/h7H,1,4-5H2,2-3H3;1-6H;1-2H3;1H4. The zero-order chi connectivity index (χ0) is 12.6. The van der Waals surface area contributed by atoms with Gasteiger partial charge in [-0.15, -0.1) is 0 Å². The Balaban J connectivity index is -0.000000195. The van der Waals surface area contributed by atoms with Gasteiger partial charge in [0.15, 0.2) is 0 Å². The van der Waals surface area contributed by atoms with E-state index in [1.807, 2.05) is 64.2 Å². The molecule has 0 saturated heterocycles. The summed E-state index contributed by atoms with van der Waals surface area (Å²) in [5.74, 6) is 0.778. The molecule has 1 rings (SSSR count). The van der Waals surface area contributed by atoms with E-state index in [2.05, 4.69) is 11.9 Å². The summed E-state index contributed by atoms with van der Waals surface area (Å²) in [5, 5.41) is 2.96. The van der Waals surface area contributed by atoms with Crippen molar-refractivity contribution in [2.24, 2.45) is 0 Å². The molecule has 0 aromatic heterocycles. The fourth-order valence-corrected chi connectivity index (χ4v) is 0.712. The SMILES string of the molecule is C.C=C(C)OCCNC.CC.c1ccccc1. The van der Waals surface area contributed by atoms with Crippen molar-refractivity contribution in [2.45, 2.75) is 28.2 Å². The van der Waals surface area contributed by atoms with E-state index < -0.39 is 0 Å². The maximum atomic E-state index is 5.03. The van der Waals surface area contributed by atoms with Gasteiger partial charge in [0.25, 0.3) is 0 Å². The lowest BCUT2D eigenvalue weighted by Gasteiger charge is -2.01. The normalized spacial score (nSPS) is 7.29. The summed E-state index contributed by atoms with van der Waals surface area (Å²) in [6.45, 7) is 11.0. The molecule has 0 heterocycles. The lowest BCUT2D eigenvalue weighted by atomic mass is 10.4. The molecule has 1 aromatic rings. The lowest BCUT2D eigenvalue weighted by Crippen LogP contribution is -2.13. The van der Waals surface area contributed by atoms with Gasteiger partial charge in [0, 0.05) is 6.54 Å². The maximum absolute atomic E-state index is 5.03. The predicted molar refractivity (Wildman–Crippen MR) is 79.2 cm³/mol. The Bertz CT molecular complexity index is 195. The van der Waals surface area contributed by atoms with Gasteiger partial charge in [-0.25, -0.2) is 0 Å². The van der Waals surface area contributed by atoms with Crippen molar-refractivity contribution in [1.29, 1.82) is 0 Å². The highest BCUT2D eigenvalue weighted by atomic mass is 16.5. The molecule has 1 aromatic carbocycles. The van der Waals surface area contributed by atoms with Gasteiger partial charge in [-0.2, -0.15) is 0 Å². The highest BCUT2D eigenvalue weighted by molar-refractivity contribution is 4.99. The van der Waals surface area contributed by atoms with E-state index in [1.54, 1.807) is 0 Å². The molecule has 1 N–H and O–H groups in total. The molecule has 0 saturated carbocycles. The quantitative estimate of drug-likeness (QED) is 0.631. The van der Waals surface area contributed by atoms with Gasteiger partial charge in [-0.3, -0.25) is 0 Å². The summed E-state index contributed by atoms with van der Waals surface area (Å²) in [6.07, 6.45) is 0. The monoisotopic (exact) mass is 239 g/mol. The Kier molecular flexibility index (Phi) is 25.0. The van der Waals surface area contributed by atoms with Gasteiger partial charge in [0.1, 0.15) is 6.61 Å². The van der Waals surface area contributed by atoms with Crippen molar-refractivity contribution < 1.29 is 4.74 Å². The third kappa shape index (κ3) is 25.2. The van der Waals surface area contributed by atoms with Crippen LogP contribution in [0.2, 0.25) is 0 Å². The van der Waals surface area contributed by atoms with Crippen LogP contribution in [-0.4, -0.2) is 20.2 Å². The fraction of sp³-hybridized carbons (Fsp3) is 0.467. The van der Waals surface area contributed by atoms with Crippen molar-refractivity contribution in [2.75, 3.05) is 20.2 Å². The summed E-state index contributed by atoms with van der Waals surface area (Å²) in [4.78, 5) is 0. The molecule has 2 nitrogen and oxygen atoms in total. The van der Waals surface area contributed by atoms with Gasteiger partial charge in [-0.1, -0.05) is 64.3 Å². The molecule has 0 atom stereocenters. The summed E-state index contributed by atoms with van der Waals surface area (Å²) < 4.78 is 5.03. The highest BCUT2D eigenvalue weighted by Gasteiger charge is 1.81. The molecule has 0 amide bonds. The van der Waals surface area contributed by atoms with E-state index in [-0.39, 0.29) is 7.43 Å². The van der Waals surface area contributed by atoms with Crippen molar-refractivity contribution in [1.82, 2.24) is 5.32 Å². The average Bonchev–Trinajstić information content (AvgIpc) is 2.35. The van der Waals surface area contributed by atoms with Gasteiger partial charge >= 0.3 is 0 Å². The van der Waals surface area contributed by atoms with Crippen LogP contribution in [0, 0.1) is 0 Å². The molecular weight excluding hydrogens is 210 g/mol. The first-order chi connectivity index (χ1) is 7.77. The van der Waals surface area contributed by atoms with Crippen molar-refractivity contribution in [3.63, 3.8) is 0 Å². The smallest absolute Gasteiger partial charge is 0.100 e. The van der Waals surface area contributed by atoms with Crippen LogP contribution < -0.4 is 5.32 Å². The van der Waals surface area contributed by atoms with E-state index in [0.29, 0.717) is 6.61 Å². The minimum atomic E-state index is 0. The van der Waals surface area contributed by atoms with Crippen molar-refractivity contribution in [3.8, 4) is 0 Å². The first kappa shape index (κ1) is 21.1. The van der Waals surface area contributed by atoms with Crippen LogP contribution in [0.25, 0.3) is 0 Å². The molecule has 0 fully saturated rings. The Morgan fingerprint density at radius 3 is 1.65 bits per heavy atom. The number of ether oxygens (including phenoxy) is 1. The summed E-state index contributed by atoms with van der Waals surface area (Å²) in [7, 11) is 1.89. The number of hydrogen-bond donors (Lipinski definition) is 1. The minimum absolute atomic E-state index is 0. The maximum Gasteiger partial charge on any atom is 0.100 e. The third-order valence-electron chi connectivity index (χ3n) is 1.37. The van der Waals surface area contributed by atoms with Crippen LogP contribution in [0.5, 0.6) is 0 Å². The second-order valence-electron chi connectivity index (χ2n) is 2.81. The largest absolute Gasteiger partial charge is 0.498 e. The number of likely N-dealkylation sites (N-methyl/N-ethyl adjacent to an activating group) is 1. The zero-order valence-corrected chi connectivity index (χ0v) is 11.0.